The highest BCUT2D eigenvalue weighted by atomic mass is 31.2. The van der Waals surface area contributed by atoms with E-state index in [0.29, 0.717) is 25.7 Å². The van der Waals surface area contributed by atoms with Crippen molar-refractivity contribution in [1.82, 2.24) is 0 Å². The maximum atomic E-state index is 13.0. The van der Waals surface area contributed by atoms with E-state index in [1.165, 1.54) is 180 Å². The molecule has 19 heteroatoms. The van der Waals surface area contributed by atoms with Crippen molar-refractivity contribution in [3.05, 3.63) is 0 Å². The van der Waals surface area contributed by atoms with Crippen LogP contribution < -0.4 is 0 Å². The number of aliphatic hydroxyl groups excluding tert-OH is 1. The summed E-state index contributed by atoms with van der Waals surface area (Å²) in [4.78, 5) is 72.5. The Morgan fingerprint density at radius 3 is 0.747 bits per heavy atom. The molecule has 0 aliphatic carbocycles. The second kappa shape index (κ2) is 64.1. The van der Waals surface area contributed by atoms with E-state index in [1.54, 1.807) is 0 Å². The molecule has 0 radical (unpaired) electrons. The zero-order valence-electron chi connectivity index (χ0n) is 59.1. The number of hydrogen-bond donors (Lipinski definition) is 3. The monoisotopic (exact) mass is 1340 g/mol. The predicted molar refractivity (Wildman–Crippen MR) is 368 cm³/mol. The summed E-state index contributed by atoms with van der Waals surface area (Å²) >= 11 is 0. The molecule has 5 atom stereocenters. The third kappa shape index (κ3) is 66.5. The Bertz CT molecular complexity index is 1770. The molecule has 540 valence electrons. The van der Waals surface area contributed by atoms with E-state index in [4.69, 9.17) is 37.0 Å². The van der Waals surface area contributed by atoms with E-state index in [9.17, 15) is 43.2 Å². The van der Waals surface area contributed by atoms with Crippen LogP contribution in [0.1, 0.15) is 369 Å². The van der Waals surface area contributed by atoms with Gasteiger partial charge in [-0.15, -0.1) is 0 Å². The second-order valence-electron chi connectivity index (χ2n) is 26.9. The number of rotatable bonds is 71. The molecule has 0 aromatic rings. The van der Waals surface area contributed by atoms with Gasteiger partial charge in [-0.2, -0.15) is 0 Å². The predicted octanol–water partition coefficient (Wildman–Crippen LogP) is 20.8. The number of carbonyl (C=O) groups excluding carboxylic acids is 4. The van der Waals surface area contributed by atoms with Gasteiger partial charge in [0.1, 0.15) is 19.3 Å². The smallest absolute Gasteiger partial charge is 0.462 e. The van der Waals surface area contributed by atoms with Crippen LogP contribution in [-0.4, -0.2) is 96.7 Å². The van der Waals surface area contributed by atoms with Crippen molar-refractivity contribution >= 4 is 39.5 Å². The summed E-state index contributed by atoms with van der Waals surface area (Å²) in [7, 11) is -9.90. The summed E-state index contributed by atoms with van der Waals surface area (Å²) < 4.78 is 68.3. The maximum absolute atomic E-state index is 13.0. The highest BCUT2D eigenvalue weighted by molar-refractivity contribution is 7.47. The van der Waals surface area contributed by atoms with Gasteiger partial charge in [0.25, 0.3) is 0 Å². The fraction of sp³-hybridized carbons (Fsp3) is 0.944. The first-order valence-electron chi connectivity index (χ1n) is 37.5. The third-order valence-electron chi connectivity index (χ3n) is 16.7. The van der Waals surface area contributed by atoms with Crippen molar-refractivity contribution in [2.24, 2.45) is 11.8 Å². The van der Waals surface area contributed by atoms with Gasteiger partial charge in [0.2, 0.25) is 0 Å². The van der Waals surface area contributed by atoms with Crippen molar-refractivity contribution in [3.8, 4) is 0 Å². The Morgan fingerprint density at radius 2 is 0.505 bits per heavy atom. The summed E-state index contributed by atoms with van der Waals surface area (Å²) in [5, 5.41) is 10.6. The molecule has 0 spiro atoms. The fourth-order valence-corrected chi connectivity index (χ4v) is 12.5. The first-order valence-corrected chi connectivity index (χ1v) is 40.5. The van der Waals surface area contributed by atoms with Gasteiger partial charge in [-0.05, 0) is 37.5 Å². The number of esters is 4. The number of carbonyl (C=O) groups is 4. The molecule has 91 heavy (non-hydrogen) atoms. The second-order valence-corrected chi connectivity index (χ2v) is 29.8. The van der Waals surface area contributed by atoms with Gasteiger partial charge in [-0.1, -0.05) is 318 Å². The molecule has 0 bridgehead atoms. The topological polar surface area (TPSA) is 237 Å². The van der Waals surface area contributed by atoms with Crippen molar-refractivity contribution in [2.45, 2.75) is 387 Å². The Morgan fingerprint density at radius 1 is 0.297 bits per heavy atom. The van der Waals surface area contributed by atoms with Crippen LogP contribution >= 0.6 is 15.6 Å². The first-order chi connectivity index (χ1) is 43.9. The Kier molecular flexibility index (Phi) is 62.7. The zero-order valence-corrected chi connectivity index (χ0v) is 60.9. The van der Waals surface area contributed by atoms with Gasteiger partial charge >= 0.3 is 39.5 Å². The van der Waals surface area contributed by atoms with Crippen LogP contribution in [0.5, 0.6) is 0 Å². The molecule has 0 heterocycles. The summed E-state index contributed by atoms with van der Waals surface area (Å²) in [5.41, 5.74) is 0. The van der Waals surface area contributed by atoms with Crippen LogP contribution in [0.25, 0.3) is 0 Å². The molecule has 0 saturated heterocycles. The lowest BCUT2D eigenvalue weighted by Crippen LogP contribution is -2.30. The quantitative estimate of drug-likeness (QED) is 0.0222. The number of unbranched alkanes of at least 4 members (excludes halogenated alkanes) is 41. The first kappa shape index (κ1) is 89.1. The summed E-state index contributed by atoms with van der Waals surface area (Å²) in [6.07, 6.45) is 49.9. The lowest BCUT2D eigenvalue weighted by molar-refractivity contribution is -0.161. The van der Waals surface area contributed by atoms with Crippen molar-refractivity contribution in [3.63, 3.8) is 0 Å². The summed E-state index contributed by atoms with van der Waals surface area (Å²) in [6.45, 7) is 9.57. The molecular weight excluding hydrogens is 1200 g/mol. The van der Waals surface area contributed by atoms with Gasteiger partial charge in [-0.25, -0.2) is 9.13 Å². The standard InChI is InChI=1S/C72H140O17P2/c1-7-9-11-13-15-17-31-38-44-50-56-71(76)88-67(60-82-69(74)54-48-42-36-16-14-12-10-8-2)62-86-90(78,79)84-58-66(73)59-85-91(80,81)87-63-68(61-83-70(75)55-49-43-37-32-27-24-20-22-26-30-35-41-47-53-65(5)6)89-72(77)57-51-45-39-33-28-23-19-18-21-25-29-34-40-46-52-64(3)4/h64-68,73H,7-63H2,1-6H3,(H,78,79)(H,80,81)/t66-,67+,68+/m0/s1. The minimum absolute atomic E-state index is 0.106. The Labute approximate surface area is 556 Å². The fourth-order valence-electron chi connectivity index (χ4n) is 10.9. The SMILES string of the molecule is CCCCCCCCCCCCC(=O)O[C@H](COC(=O)CCCCCCCCCC)COP(=O)(O)OC[C@H](O)COP(=O)(O)OC[C@@H](COC(=O)CCCCCCCCCCCCCCCC(C)C)OC(=O)CCCCCCCCCCCCCCCCC(C)C. The molecule has 0 aromatic carbocycles. The van der Waals surface area contributed by atoms with Crippen molar-refractivity contribution in [1.29, 1.82) is 0 Å². The summed E-state index contributed by atoms with van der Waals surface area (Å²) in [6, 6.07) is 0. The number of ether oxygens (including phenoxy) is 4. The molecule has 0 saturated carbocycles. The van der Waals surface area contributed by atoms with Gasteiger partial charge in [0.15, 0.2) is 12.2 Å². The van der Waals surface area contributed by atoms with Crippen LogP contribution in [0, 0.1) is 11.8 Å². The highest BCUT2D eigenvalue weighted by Gasteiger charge is 2.30. The molecule has 3 N–H and O–H groups in total. The molecule has 0 fully saturated rings. The molecule has 17 nitrogen and oxygen atoms in total. The minimum atomic E-state index is -4.95. The molecule has 0 rings (SSSR count). The van der Waals surface area contributed by atoms with E-state index < -0.39 is 97.5 Å². The molecule has 0 aliphatic rings. The number of aliphatic hydroxyl groups is 1. The molecule has 0 aromatic heterocycles. The van der Waals surface area contributed by atoms with E-state index in [1.807, 2.05) is 0 Å². The van der Waals surface area contributed by atoms with Crippen molar-refractivity contribution < 1.29 is 80.2 Å². The number of phosphoric acid groups is 2. The molecule has 2 unspecified atom stereocenters. The van der Waals surface area contributed by atoms with Gasteiger partial charge in [0.05, 0.1) is 26.4 Å². The van der Waals surface area contributed by atoms with Crippen LogP contribution in [-0.2, 0) is 65.4 Å². The molecule has 0 amide bonds. The van der Waals surface area contributed by atoms with E-state index in [2.05, 4.69) is 41.5 Å². The lowest BCUT2D eigenvalue weighted by Gasteiger charge is -2.21. The Hall–Kier alpha value is -1.94. The van der Waals surface area contributed by atoms with E-state index in [-0.39, 0.29) is 25.7 Å². The van der Waals surface area contributed by atoms with Gasteiger partial charge in [-0.3, -0.25) is 37.3 Å². The van der Waals surface area contributed by atoms with Crippen LogP contribution in [0.4, 0.5) is 0 Å². The number of phosphoric ester groups is 2. The van der Waals surface area contributed by atoms with E-state index in [0.717, 1.165) is 108 Å². The average Bonchev–Trinajstić information content (AvgIpc) is 3.68. The highest BCUT2D eigenvalue weighted by Crippen LogP contribution is 2.45. The van der Waals surface area contributed by atoms with Crippen molar-refractivity contribution in [2.75, 3.05) is 39.6 Å². The van der Waals surface area contributed by atoms with Gasteiger partial charge in [0, 0.05) is 25.7 Å². The average molecular weight is 1340 g/mol. The van der Waals surface area contributed by atoms with E-state index >= 15 is 0 Å². The molecule has 0 aliphatic heterocycles. The Balaban J connectivity index is 5.21. The van der Waals surface area contributed by atoms with Crippen LogP contribution in [0.3, 0.4) is 0 Å². The number of hydrogen-bond acceptors (Lipinski definition) is 15. The minimum Gasteiger partial charge on any atom is -0.462 e. The summed E-state index contributed by atoms with van der Waals surface area (Å²) in [5.74, 6) is -0.537. The zero-order chi connectivity index (χ0) is 67.2. The van der Waals surface area contributed by atoms with Gasteiger partial charge < -0.3 is 33.8 Å². The third-order valence-corrected chi connectivity index (χ3v) is 18.6. The lowest BCUT2D eigenvalue weighted by atomic mass is 10.0. The normalized spacial score (nSPS) is 14.1. The molecular formula is C72H140O17P2. The maximum Gasteiger partial charge on any atom is 0.472 e. The van der Waals surface area contributed by atoms with Crippen LogP contribution in [0.15, 0.2) is 0 Å². The van der Waals surface area contributed by atoms with Crippen LogP contribution in [0.2, 0.25) is 0 Å². The largest absolute Gasteiger partial charge is 0.472 e.